The smallest absolute Gasteiger partial charge is 0.341 e. The zero-order valence-corrected chi connectivity index (χ0v) is 13.7. The van der Waals surface area contributed by atoms with Crippen molar-refractivity contribution in [3.05, 3.63) is 51.9 Å². The molecule has 5 heteroatoms. The Hall–Kier alpha value is -2.27. The summed E-state index contributed by atoms with van der Waals surface area (Å²) in [4.78, 5) is 29.6. The van der Waals surface area contributed by atoms with Crippen molar-refractivity contribution < 1.29 is 14.3 Å². The van der Waals surface area contributed by atoms with Gasteiger partial charge >= 0.3 is 5.97 Å². The average molecular weight is 327 g/mol. The van der Waals surface area contributed by atoms with Gasteiger partial charge in [0, 0.05) is 12.6 Å². The van der Waals surface area contributed by atoms with Crippen LogP contribution in [0.1, 0.15) is 50.9 Å². The number of thiophene rings is 1. The molecule has 23 heavy (non-hydrogen) atoms. The maximum atomic E-state index is 12.3. The van der Waals surface area contributed by atoms with Crippen LogP contribution >= 0.6 is 11.3 Å². The molecule has 0 fully saturated rings. The molecule has 2 aromatic rings. The second kappa shape index (κ2) is 6.87. The van der Waals surface area contributed by atoms with Gasteiger partial charge in [-0.3, -0.25) is 4.79 Å². The number of fused-ring (bicyclic) bond motifs is 1. The van der Waals surface area contributed by atoms with E-state index in [1.54, 1.807) is 13.1 Å². The van der Waals surface area contributed by atoms with Gasteiger partial charge in [0.2, 0.25) is 0 Å². The molecule has 0 saturated heterocycles. The van der Waals surface area contributed by atoms with Crippen molar-refractivity contribution in [1.82, 2.24) is 0 Å². The number of aliphatic imine (C=N–C) groups is 1. The second-order valence-electron chi connectivity index (χ2n) is 5.26. The topological polar surface area (TPSA) is 55.7 Å². The molecular formula is C18H17NO3S. The molecule has 0 unspecified atom stereocenters. The van der Waals surface area contributed by atoms with E-state index in [2.05, 4.69) is 4.99 Å². The largest absolute Gasteiger partial charge is 0.462 e. The lowest BCUT2D eigenvalue weighted by Crippen LogP contribution is -2.12. The van der Waals surface area contributed by atoms with Crippen LogP contribution in [0.2, 0.25) is 0 Å². The molecule has 0 bridgehead atoms. The molecule has 0 amide bonds. The van der Waals surface area contributed by atoms with Crippen LogP contribution in [0.15, 0.2) is 35.3 Å². The minimum absolute atomic E-state index is 0.1000. The van der Waals surface area contributed by atoms with E-state index in [0.29, 0.717) is 28.5 Å². The summed E-state index contributed by atoms with van der Waals surface area (Å²) < 4.78 is 5.16. The fourth-order valence-corrected chi connectivity index (χ4v) is 3.78. The molecule has 0 atom stereocenters. The first-order chi connectivity index (χ1) is 11.2. The van der Waals surface area contributed by atoms with Crippen LogP contribution in [0.25, 0.3) is 0 Å². The summed E-state index contributed by atoms with van der Waals surface area (Å²) in [7, 11) is 0. The monoisotopic (exact) mass is 327 g/mol. The zero-order valence-electron chi connectivity index (χ0n) is 12.9. The zero-order chi connectivity index (χ0) is 16.2. The first-order valence-electron chi connectivity index (χ1n) is 7.65. The summed E-state index contributed by atoms with van der Waals surface area (Å²) in [5, 5.41) is 0.563. The Balaban J connectivity index is 2.03. The van der Waals surface area contributed by atoms with Crippen molar-refractivity contribution in [3.63, 3.8) is 0 Å². The van der Waals surface area contributed by atoms with Gasteiger partial charge in [0.1, 0.15) is 10.6 Å². The number of carbonyl (C=O) groups is 2. The summed E-state index contributed by atoms with van der Waals surface area (Å²) in [5.41, 5.74) is 2.22. The van der Waals surface area contributed by atoms with Crippen molar-refractivity contribution in [3.8, 4) is 0 Å². The van der Waals surface area contributed by atoms with Crippen LogP contribution in [0.5, 0.6) is 0 Å². The van der Waals surface area contributed by atoms with Gasteiger partial charge in [-0.25, -0.2) is 9.79 Å². The summed E-state index contributed by atoms with van der Waals surface area (Å²) in [6.45, 7) is 2.08. The first kappa shape index (κ1) is 15.6. The lowest BCUT2D eigenvalue weighted by atomic mass is 9.94. The highest BCUT2D eigenvalue weighted by Gasteiger charge is 2.29. The number of benzene rings is 1. The van der Waals surface area contributed by atoms with Gasteiger partial charge in [0.15, 0.2) is 5.78 Å². The van der Waals surface area contributed by atoms with Crippen LogP contribution in [0, 0.1) is 0 Å². The van der Waals surface area contributed by atoms with E-state index in [-0.39, 0.29) is 11.8 Å². The van der Waals surface area contributed by atoms with Crippen LogP contribution in [0.4, 0.5) is 5.00 Å². The molecule has 1 aliphatic carbocycles. The van der Waals surface area contributed by atoms with Crippen LogP contribution in [0.3, 0.4) is 0 Å². The first-order valence-corrected chi connectivity index (χ1v) is 8.47. The number of hydrogen-bond acceptors (Lipinski definition) is 5. The molecule has 1 heterocycles. The van der Waals surface area contributed by atoms with Gasteiger partial charge in [-0.1, -0.05) is 30.3 Å². The predicted molar refractivity (Wildman–Crippen MR) is 91.2 cm³/mol. The van der Waals surface area contributed by atoms with Gasteiger partial charge in [0.25, 0.3) is 0 Å². The highest BCUT2D eigenvalue weighted by atomic mass is 32.1. The van der Waals surface area contributed by atoms with Crippen molar-refractivity contribution in [2.24, 2.45) is 4.99 Å². The van der Waals surface area contributed by atoms with E-state index >= 15 is 0 Å². The molecule has 0 saturated carbocycles. The molecule has 0 radical (unpaired) electrons. The predicted octanol–water partition coefficient (Wildman–Crippen LogP) is 4.19. The molecule has 0 aliphatic heterocycles. The Morgan fingerprint density at radius 2 is 2.09 bits per heavy atom. The molecule has 3 rings (SSSR count). The average Bonchev–Trinajstić information content (AvgIpc) is 2.94. The minimum Gasteiger partial charge on any atom is -0.462 e. The van der Waals surface area contributed by atoms with Gasteiger partial charge in [0.05, 0.1) is 11.5 Å². The van der Waals surface area contributed by atoms with E-state index in [1.165, 1.54) is 11.3 Å². The van der Waals surface area contributed by atoms with E-state index in [4.69, 9.17) is 4.74 Å². The molecule has 4 nitrogen and oxygen atoms in total. The molecular weight excluding hydrogens is 310 g/mol. The van der Waals surface area contributed by atoms with Gasteiger partial charge < -0.3 is 4.74 Å². The Kier molecular flexibility index (Phi) is 4.67. The summed E-state index contributed by atoms with van der Waals surface area (Å²) >= 11 is 1.30. The fraction of sp³-hybridized carbons (Fsp3) is 0.278. The number of esters is 1. The van der Waals surface area contributed by atoms with Crippen molar-refractivity contribution in [2.75, 3.05) is 6.61 Å². The maximum absolute atomic E-state index is 12.3. The van der Waals surface area contributed by atoms with E-state index in [9.17, 15) is 9.59 Å². The van der Waals surface area contributed by atoms with Crippen LogP contribution < -0.4 is 0 Å². The van der Waals surface area contributed by atoms with Crippen molar-refractivity contribution >= 4 is 34.3 Å². The molecule has 1 aromatic carbocycles. The molecule has 0 spiro atoms. The third-order valence-corrected chi connectivity index (χ3v) is 4.86. The summed E-state index contributed by atoms with van der Waals surface area (Å²) in [6.07, 6.45) is 3.76. The third-order valence-electron chi connectivity index (χ3n) is 3.68. The van der Waals surface area contributed by atoms with Gasteiger partial charge in [-0.05, 0) is 30.9 Å². The van der Waals surface area contributed by atoms with E-state index in [1.807, 2.05) is 30.3 Å². The lowest BCUT2D eigenvalue weighted by Gasteiger charge is -2.11. The van der Waals surface area contributed by atoms with Gasteiger partial charge in [-0.2, -0.15) is 0 Å². The number of ether oxygens (including phenoxy) is 1. The molecule has 0 N–H and O–H groups in total. The quantitative estimate of drug-likeness (QED) is 0.625. The number of hydrogen-bond donors (Lipinski definition) is 0. The molecule has 118 valence electrons. The number of ketones is 1. The highest BCUT2D eigenvalue weighted by molar-refractivity contribution is 7.18. The number of carbonyl (C=O) groups excluding carboxylic acids is 2. The lowest BCUT2D eigenvalue weighted by molar-refractivity contribution is 0.0526. The Labute approximate surface area is 138 Å². The Morgan fingerprint density at radius 3 is 2.83 bits per heavy atom. The summed E-state index contributed by atoms with van der Waals surface area (Å²) in [5.74, 6) is -0.289. The van der Waals surface area contributed by atoms with Gasteiger partial charge in [-0.15, -0.1) is 11.3 Å². The van der Waals surface area contributed by atoms with E-state index in [0.717, 1.165) is 24.0 Å². The Morgan fingerprint density at radius 1 is 1.30 bits per heavy atom. The fourth-order valence-electron chi connectivity index (χ4n) is 2.63. The SMILES string of the molecule is CCOC(=O)c1c(/N=C/c2ccccc2)sc2c1CCCC2=O. The van der Waals surface area contributed by atoms with Crippen LogP contribution in [-0.4, -0.2) is 24.6 Å². The van der Waals surface area contributed by atoms with Crippen LogP contribution in [-0.2, 0) is 11.2 Å². The number of rotatable bonds is 4. The number of Topliss-reactive ketones (excluding diaryl/α,β-unsaturated/α-hetero) is 1. The van der Waals surface area contributed by atoms with Crippen molar-refractivity contribution in [2.45, 2.75) is 26.2 Å². The number of nitrogens with zero attached hydrogens (tertiary/aromatic N) is 1. The second-order valence-corrected chi connectivity index (χ2v) is 6.26. The van der Waals surface area contributed by atoms with E-state index < -0.39 is 0 Å². The minimum atomic E-state index is -0.389. The molecule has 1 aromatic heterocycles. The standard InChI is InChI=1S/C18H17NO3S/c1-2-22-18(21)15-13-9-6-10-14(20)16(13)23-17(15)19-11-12-7-4-3-5-8-12/h3-5,7-8,11H,2,6,9-10H2,1H3/b19-11+. The highest BCUT2D eigenvalue weighted by Crippen LogP contribution is 2.40. The molecule has 1 aliphatic rings. The third kappa shape index (κ3) is 3.24. The summed E-state index contributed by atoms with van der Waals surface area (Å²) in [6, 6.07) is 9.66. The normalized spacial score (nSPS) is 14.0. The maximum Gasteiger partial charge on any atom is 0.341 e. The van der Waals surface area contributed by atoms with Crippen molar-refractivity contribution in [1.29, 1.82) is 0 Å². The Bertz CT molecular complexity index is 762.